The third-order valence-corrected chi connectivity index (χ3v) is 5.31. The van der Waals surface area contributed by atoms with Gasteiger partial charge in [-0.15, -0.1) is 0 Å². The Hall–Kier alpha value is -4.13. The smallest absolute Gasteiger partial charge is 0.372 e. The van der Waals surface area contributed by atoms with Gasteiger partial charge in [0.25, 0.3) is 5.91 Å². The first-order chi connectivity index (χ1) is 15.6. The van der Waals surface area contributed by atoms with E-state index in [1.807, 2.05) is 60.7 Å². The summed E-state index contributed by atoms with van der Waals surface area (Å²) in [4.78, 5) is 29.4. The zero-order valence-corrected chi connectivity index (χ0v) is 18.0. The van der Waals surface area contributed by atoms with Gasteiger partial charge in [-0.3, -0.25) is 14.3 Å². The molecule has 0 spiro atoms. The second-order valence-electron chi connectivity index (χ2n) is 7.25. The lowest BCUT2D eigenvalue weighted by Crippen LogP contribution is -2.22. The van der Waals surface area contributed by atoms with E-state index in [2.05, 4.69) is 38.7 Å². The molecule has 0 aliphatic rings. The van der Waals surface area contributed by atoms with Crippen LogP contribution in [-0.4, -0.2) is 29.1 Å². The number of H-pyrrole nitrogens is 1. The second kappa shape index (κ2) is 9.34. The molecule has 32 heavy (non-hydrogen) atoms. The van der Waals surface area contributed by atoms with Crippen molar-refractivity contribution in [1.82, 2.24) is 10.1 Å². The number of aromatic amines is 1. The molecule has 0 unspecified atom stereocenters. The van der Waals surface area contributed by atoms with Gasteiger partial charge < -0.3 is 10.2 Å². The standard InChI is InChI=1S/C25H24N4O3/c1-3-29(4-2)20-12-8-11-19(15-20)24(30)26-22-16-18(17-9-6-5-7-10-17)13-14-21(22)23-27-25(31)32-28-23/h5-16H,3-4H2,1-2H3,(H,26,30)(H,27,28,31). The van der Waals surface area contributed by atoms with Crippen molar-refractivity contribution in [3.05, 3.63) is 88.9 Å². The number of carbonyl (C=O) groups is 1. The topological polar surface area (TPSA) is 91.2 Å². The monoisotopic (exact) mass is 428 g/mol. The molecule has 2 N–H and O–H groups in total. The van der Waals surface area contributed by atoms with E-state index in [0.717, 1.165) is 29.9 Å². The molecule has 0 saturated carbocycles. The van der Waals surface area contributed by atoms with Crippen molar-refractivity contribution in [1.29, 1.82) is 0 Å². The van der Waals surface area contributed by atoms with Crippen molar-refractivity contribution < 1.29 is 9.32 Å². The number of amides is 1. The molecule has 1 amide bonds. The summed E-state index contributed by atoms with van der Waals surface area (Å²) in [6, 6.07) is 22.9. The van der Waals surface area contributed by atoms with Gasteiger partial charge in [0, 0.05) is 29.9 Å². The van der Waals surface area contributed by atoms with Crippen LogP contribution >= 0.6 is 0 Å². The molecule has 7 nitrogen and oxygen atoms in total. The number of nitrogens with one attached hydrogen (secondary N) is 2. The SMILES string of the molecule is CCN(CC)c1cccc(C(=O)Nc2cc(-c3ccccc3)ccc2-c2noc(=O)[nH]2)c1. The largest absolute Gasteiger partial charge is 0.439 e. The maximum Gasteiger partial charge on any atom is 0.439 e. The summed E-state index contributed by atoms with van der Waals surface area (Å²) in [7, 11) is 0. The first kappa shape index (κ1) is 21.1. The van der Waals surface area contributed by atoms with E-state index < -0.39 is 5.76 Å². The Balaban J connectivity index is 1.72. The highest BCUT2D eigenvalue weighted by atomic mass is 16.5. The van der Waals surface area contributed by atoms with Gasteiger partial charge in [0.1, 0.15) is 0 Å². The highest BCUT2D eigenvalue weighted by Crippen LogP contribution is 2.31. The molecule has 0 fully saturated rings. The van der Waals surface area contributed by atoms with E-state index in [1.165, 1.54) is 0 Å². The third kappa shape index (κ3) is 4.46. The van der Waals surface area contributed by atoms with Crippen molar-refractivity contribution in [2.75, 3.05) is 23.3 Å². The number of aromatic nitrogens is 2. The fourth-order valence-corrected chi connectivity index (χ4v) is 3.64. The Kier molecular flexibility index (Phi) is 6.17. The predicted molar refractivity (Wildman–Crippen MR) is 126 cm³/mol. The van der Waals surface area contributed by atoms with Gasteiger partial charge in [0.05, 0.1) is 5.69 Å². The number of rotatable bonds is 7. The molecule has 4 rings (SSSR count). The van der Waals surface area contributed by atoms with E-state index in [0.29, 0.717) is 16.8 Å². The highest BCUT2D eigenvalue weighted by molar-refractivity contribution is 6.07. The van der Waals surface area contributed by atoms with Gasteiger partial charge in [-0.2, -0.15) is 0 Å². The summed E-state index contributed by atoms with van der Waals surface area (Å²) < 4.78 is 4.67. The maximum atomic E-state index is 13.2. The van der Waals surface area contributed by atoms with E-state index >= 15 is 0 Å². The summed E-state index contributed by atoms with van der Waals surface area (Å²) in [6.45, 7) is 5.86. The van der Waals surface area contributed by atoms with Crippen LogP contribution in [-0.2, 0) is 0 Å². The molecule has 0 aliphatic carbocycles. The van der Waals surface area contributed by atoms with Crippen LogP contribution in [0, 0.1) is 0 Å². The molecule has 1 heterocycles. The minimum atomic E-state index is -0.656. The van der Waals surface area contributed by atoms with Crippen LogP contribution in [0.1, 0.15) is 24.2 Å². The first-order valence-electron chi connectivity index (χ1n) is 10.5. The number of hydrogen-bond acceptors (Lipinski definition) is 5. The lowest BCUT2D eigenvalue weighted by atomic mass is 10.0. The fraction of sp³-hybridized carbons (Fsp3) is 0.160. The molecule has 0 atom stereocenters. The summed E-state index contributed by atoms with van der Waals surface area (Å²) in [5, 5.41) is 6.77. The van der Waals surface area contributed by atoms with Crippen LogP contribution in [0.2, 0.25) is 0 Å². The van der Waals surface area contributed by atoms with Gasteiger partial charge in [-0.1, -0.05) is 47.6 Å². The molecule has 0 aliphatic heterocycles. The van der Waals surface area contributed by atoms with Crippen LogP contribution in [0.4, 0.5) is 11.4 Å². The van der Waals surface area contributed by atoms with Gasteiger partial charge in [0.15, 0.2) is 5.82 Å². The molecular weight excluding hydrogens is 404 g/mol. The summed E-state index contributed by atoms with van der Waals surface area (Å²) in [6.07, 6.45) is 0. The number of anilines is 2. The summed E-state index contributed by atoms with van der Waals surface area (Å²) in [5.74, 6) is -0.658. The lowest BCUT2D eigenvalue weighted by Gasteiger charge is -2.21. The van der Waals surface area contributed by atoms with Crippen LogP contribution < -0.4 is 16.0 Å². The van der Waals surface area contributed by atoms with Crippen molar-refractivity contribution in [2.45, 2.75) is 13.8 Å². The van der Waals surface area contributed by atoms with Gasteiger partial charge >= 0.3 is 5.76 Å². The molecule has 3 aromatic carbocycles. The quantitative estimate of drug-likeness (QED) is 0.441. The third-order valence-electron chi connectivity index (χ3n) is 5.31. The van der Waals surface area contributed by atoms with Crippen LogP contribution in [0.5, 0.6) is 0 Å². The molecule has 0 bridgehead atoms. The zero-order chi connectivity index (χ0) is 22.5. The fourth-order valence-electron chi connectivity index (χ4n) is 3.64. The molecule has 7 heteroatoms. The maximum absolute atomic E-state index is 13.2. The Morgan fingerprint density at radius 2 is 1.75 bits per heavy atom. The second-order valence-corrected chi connectivity index (χ2v) is 7.25. The van der Waals surface area contributed by atoms with E-state index in [9.17, 15) is 9.59 Å². The molecule has 4 aromatic rings. The van der Waals surface area contributed by atoms with Crippen LogP contribution in [0.15, 0.2) is 82.1 Å². The number of hydrogen-bond donors (Lipinski definition) is 2. The first-order valence-corrected chi connectivity index (χ1v) is 10.5. The van der Waals surface area contributed by atoms with E-state index in [1.54, 1.807) is 12.1 Å². The van der Waals surface area contributed by atoms with Crippen molar-refractivity contribution >= 4 is 17.3 Å². The Morgan fingerprint density at radius 3 is 2.44 bits per heavy atom. The average molecular weight is 428 g/mol. The van der Waals surface area contributed by atoms with Crippen molar-refractivity contribution in [3.8, 4) is 22.5 Å². The van der Waals surface area contributed by atoms with Crippen molar-refractivity contribution in [3.63, 3.8) is 0 Å². The molecule has 0 radical (unpaired) electrons. The normalized spacial score (nSPS) is 10.7. The minimum absolute atomic E-state index is 0.252. The predicted octanol–water partition coefficient (Wildman–Crippen LogP) is 4.80. The zero-order valence-electron chi connectivity index (χ0n) is 18.0. The van der Waals surface area contributed by atoms with Crippen LogP contribution in [0.25, 0.3) is 22.5 Å². The number of nitrogens with zero attached hydrogens (tertiary/aromatic N) is 2. The molecule has 0 saturated heterocycles. The molecular formula is C25H24N4O3. The van der Waals surface area contributed by atoms with Crippen molar-refractivity contribution in [2.24, 2.45) is 0 Å². The molecule has 1 aromatic heterocycles. The van der Waals surface area contributed by atoms with Gasteiger partial charge in [-0.25, -0.2) is 4.79 Å². The van der Waals surface area contributed by atoms with E-state index in [-0.39, 0.29) is 11.7 Å². The minimum Gasteiger partial charge on any atom is -0.372 e. The summed E-state index contributed by atoms with van der Waals surface area (Å²) in [5.41, 5.74) is 4.54. The van der Waals surface area contributed by atoms with Gasteiger partial charge in [0.2, 0.25) is 0 Å². The molecule has 162 valence electrons. The summed E-state index contributed by atoms with van der Waals surface area (Å²) >= 11 is 0. The Bertz CT molecular complexity index is 1270. The average Bonchev–Trinajstić information content (AvgIpc) is 3.26. The number of carbonyl (C=O) groups excluding carboxylic acids is 1. The van der Waals surface area contributed by atoms with Gasteiger partial charge in [-0.05, 0) is 55.3 Å². The Morgan fingerprint density at radius 1 is 0.969 bits per heavy atom. The highest BCUT2D eigenvalue weighted by Gasteiger charge is 2.16. The Labute approximate surface area is 185 Å². The lowest BCUT2D eigenvalue weighted by molar-refractivity contribution is 0.102. The number of benzene rings is 3. The van der Waals surface area contributed by atoms with E-state index in [4.69, 9.17) is 0 Å². The van der Waals surface area contributed by atoms with Crippen LogP contribution in [0.3, 0.4) is 0 Å².